The lowest BCUT2D eigenvalue weighted by atomic mass is 9.83. The van der Waals surface area contributed by atoms with Gasteiger partial charge in [0, 0.05) is 5.57 Å². The van der Waals surface area contributed by atoms with E-state index in [4.69, 9.17) is 0 Å². The monoisotopic (exact) mass is 832 g/mol. The van der Waals surface area contributed by atoms with Crippen molar-refractivity contribution in [1.29, 1.82) is 0 Å². The Balaban J connectivity index is 7.55. The summed E-state index contributed by atoms with van der Waals surface area (Å²) in [4.78, 5) is 11.1. The van der Waals surface area contributed by atoms with Gasteiger partial charge in [-0.05, 0) is 13.8 Å². The van der Waals surface area contributed by atoms with Crippen molar-refractivity contribution in [3.8, 4) is 0 Å². The lowest BCUT2D eigenvalue weighted by Gasteiger charge is -2.46. The van der Waals surface area contributed by atoms with Crippen molar-refractivity contribution >= 4 is 5.97 Å². The SMILES string of the molecule is C=C(C)C(=O)OC(C)C(F)(F)C(F)(F)C(F)(F)C(F)(F)C(F)(F)C(F)(F)C(F)(F)C(F)(F)C(F)(F)C(F)(F)C(F)(F)C(F)(F)C(F)(F)C(F)(F)F. The van der Waals surface area contributed by atoms with Crippen molar-refractivity contribution in [3.05, 3.63) is 12.2 Å². The van der Waals surface area contributed by atoms with E-state index in [9.17, 15) is 132 Å². The normalized spacial score (nSPS) is 17.0. The molecule has 0 heterocycles. The van der Waals surface area contributed by atoms with Gasteiger partial charge in [-0.25, -0.2) is 4.79 Å². The summed E-state index contributed by atoms with van der Waals surface area (Å²) in [5.41, 5.74) is -1.13. The van der Waals surface area contributed by atoms with Crippen LogP contribution in [0.4, 0.5) is 127 Å². The van der Waals surface area contributed by atoms with Gasteiger partial charge in [0.25, 0.3) is 0 Å². The van der Waals surface area contributed by atoms with Gasteiger partial charge in [-0.1, -0.05) is 6.58 Å². The Bertz CT molecular complexity index is 1320. The van der Waals surface area contributed by atoms with Gasteiger partial charge in [-0.2, -0.15) is 127 Å². The summed E-state index contributed by atoms with van der Waals surface area (Å²) in [5.74, 6) is -124. The quantitative estimate of drug-likeness (QED) is 0.0934. The first kappa shape index (κ1) is 48.2. The number of esters is 1. The van der Waals surface area contributed by atoms with Gasteiger partial charge in [0.15, 0.2) is 6.10 Å². The molecule has 2 nitrogen and oxygen atoms in total. The van der Waals surface area contributed by atoms with Gasteiger partial charge in [0.05, 0.1) is 0 Å². The Morgan fingerprint density at radius 2 is 0.569 bits per heavy atom. The van der Waals surface area contributed by atoms with Gasteiger partial charge in [0.2, 0.25) is 0 Å². The molecule has 304 valence electrons. The Morgan fingerprint density at radius 1 is 0.392 bits per heavy atom. The van der Waals surface area contributed by atoms with Crippen LogP contribution in [0.3, 0.4) is 0 Å². The van der Waals surface area contributed by atoms with Crippen LogP contribution in [0.15, 0.2) is 12.2 Å². The second kappa shape index (κ2) is 12.1. The molecule has 0 aromatic rings. The molecule has 0 rings (SSSR count). The Kier molecular flexibility index (Phi) is 11.4. The Labute approximate surface area is 259 Å². The molecule has 1 unspecified atom stereocenters. The highest BCUT2D eigenvalue weighted by Crippen LogP contribution is 2.69. The molecule has 0 aliphatic rings. The fourth-order valence-corrected chi connectivity index (χ4v) is 2.95. The van der Waals surface area contributed by atoms with Crippen LogP contribution in [0.1, 0.15) is 13.8 Å². The van der Waals surface area contributed by atoms with Crippen LogP contribution in [0.2, 0.25) is 0 Å². The van der Waals surface area contributed by atoms with Crippen molar-refractivity contribution < 1.29 is 137 Å². The van der Waals surface area contributed by atoms with Gasteiger partial charge < -0.3 is 4.74 Å². The van der Waals surface area contributed by atoms with Crippen LogP contribution in [0, 0.1) is 0 Å². The number of halogens is 29. The lowest BCUT2D eigenvalue weighted by Crippen LogP contribution is -2.79. The number of carbonyl (C=O) groups is 1. The van der Waals surface area contributed by atoms with E-state index in [0.717, 1.165) is 0 Å². The van der Waals surface area contributed by atoms with E-state index in [1.807, 2.05) is 0 Å². The summed E-state index contributed by atoms with van der Waals surface area (Å²) in [6.07, 6.45) is -12.6. The van der Waals surface area contributed by atoms with Gasteiger partial charge >= 0.3 is 89.1 Å². The molecule has 0 aliphatic heterocycles. The minimum Gasteiger partial charge on any atom is -0.453 e. The molecule has 0 radical (unpaired) electrons. The summed E-state index contributed by atoms with van der Waals surface area (Å²) in [6.45, 7) is 2.34. The maximum atomic E-state index is 14.0. The zero-order valence-electron chi connectivity index (χ0n) is 23.1. The number of ether oxygens (including phenoxy) is 1. The molecule has 0 N–H and O–H groups in total. The van der Waals surface area contributed by atoms with Crippen molar-refractivity contribution in [2.45, 2.75) is 103 Å². The molecule has 1 atom stereocenters. The standard InChI is InChI=1S/C20H9F29O2/c1-4(2)6(50)51-5(3)7(21,22)8(23,24)9(25,26)10(27,28)11(29,30)12(31,32)13(33,34)14(35,36)15(37,38)16(39,40)17(41,42)18(43,44)19(45,46)20(47,48)49/h5H,1H2,2-3H3. The van der Waals surface area contributed by atoms with E-state index in [1.165, 1.54) is 0 Å². The van der Waals surface area contributed by atoms with E-state index >= 15 is 0 Å². The first-order valence-electron chi connectivity index (χ1n) is 11.3. The molecule has 0 aromatic carbocycles. The lowest BCUT2D eigenvalue weighted by molar-refractivity contribution is -0.487. The van der Waals surface area contributed by atoms with E-state index < -0.39 is 108 Å². The maximum absolute atomic E-state index is 14.0. The van der Waals surface area contributed by atoms with Crippen molar-refractivity contribution in [1.82, 2.24) is 0 Å². The van der Waals surface area contributed by atoms with Crippen LogP contribution < -0.4 is 0 Å². The summed E-state index contributed by atoms with van der Waals surface area (Å²) in [7, 11) is 0. The first-order valence-corrected chi connectivity index (χ1v) is 11.3. The van der Waals surface area contributed by atoms with Crippen molar-refractivity contribution in [2.24, 2.45) is 0 Å². The second-order valence-electron chi connectivity index (χ2n) is 9.84. The van der Waals surface area contributed by atoms with Crippen LogP contribution in [0.25, 0.3) is 0 Å². The van der Waals surface area contributed by atoms with Gasteiger partial charge in [-0.15, -0.1) is 0 Å². The molecule has 0 amide bonds. The Hall–Kier alpha value is -2.82. The number of hydrogen-bond donors (Lipinski definition) is 0. The highest BCUT2D eigenvalue weighted by molar-refractivity contribution is 5.87. The molecule has 0 aromatic heterocycles. The third kappa shape index (κ3) is 5.86. The predicted molar refractivity (Wildman–Crippen MR) is 101 cm³/mol. The molecule has 0 fully saturated rings. The molecular formula is C20H9F29O2. The third-order valence-corrected chi connectivity index (χ3v) is 6.26. The van der Waals surface area contributed by atoms with E-state index in [1.54, 1.807) is 0 Å². The molecule has 0 bridgehead atoms. The third-order valence-electron chi connectivity index (χ3n) is 6.26. The molecule has 0 spiro atoms. The van der Waals surface area contributed by atoms with Crippen LogP contribution in [-0.4, -0.2) is 95.2 Å². The van der Waals surface area contributed by atoms with E-state index in [-0.39, 0.29) is 0 Å². The summed E-state index contributed by atoms with van der Waals surface area (Å²) in [5, 5.41) is 0. The maximum Gasteiger partial charge on any atom is 0.460 e. The minimum absolute atomic E-state index is 0.455. The van der Waals surface area contributed by atoms with Crippen LogP contribution in [-0.2, 0) is 9.53 Å². The number of alkyl halides is 29. The minimum atomic E-state index is -9.98. The highest BCUT2D eigenvalue weighted by atomic mass is 19.4. The molecule has 0 saturated heterocycles. The predicted octanol–water partition coefficient (Wildman–Crippen LogP) is 10.3. The molecule has 31 heteroatoms. The Morgan fingerprint density at radius 3 is 0.745 bits per heavy atom. The average molecular weight is 832 g/mol. The molecule has 0 saturated carbocycles. The van der Waals surface area contributed by atoms with Gasteiger partial charge in [-0.3, -0.25) is 0 Å². The zero-order chi connectivity index (χ0) is 42.4. The molecule has 0 aliphatic carbocycles. The van der Waals surface area contributed by atoms with Gasteiger partial charge in [0.1, 0.15) is 0 Å². The highest BCUT2D eigenvalue weighted by Gasteiger charge is 3.01. The first-order chi connectivity index (χ1) is 21.5. The summed E-state index contributed by atoms with van der Waals surface area (Å²) in [6, 6.07) is 0. The second-order valence-corrected chi connectivity index (χ2v) is 9.84. The molecular weight excluding hydrogens is 823 g/mol. The topological polar surface area (TPSA) is 26.3 Å². The largest absolute Gasteiger partial charge is 0.460 e. The fraction of sp³-hybridized carbons (Fsp3) is 0.850. The average Bonchev–Trinajstić information content (AvgIpc) is 2.90. The number of carbonyl (C=O) groups excluding carboxylic acids is 1. The zero-order valence-corrected chi connectivity index (χ0v) is 23.1. The van der Waals surface area contributed by atoms with E-state index in [2.05, 4.69) is 11.3 Å². The fourth-order valence-electron chi connectivity index (χ4n) is 2.95. The number of rotatable bonds is 15. The number of hydrogen-bond acceptors (Lipinski definition) is 2. The molecule has 51 heavy (non-hydrogen) atoms. The van der Waals surface area contributed by atoms with E-state index in [0.29, 0.717) is 6.92 Å². The van der Waals surface area contributed by atoms with Crippen LogP contribution in [0.5, 0.6) is 0 Å². The van der Waals surface area contributed by atoms with Crippen LogP contribution >= 0.6 is 0 Å². The smallest absolute Gasteiger partial charge is 0.453 e. The summed E-state index contributed by atoms with van der Waals surface area (Å²) < 4.78 is 396. The van der Waals surface area contributed by atoms with Crippen molar-refractivity contribution in [2.75, 3.05) is 0 Å². The van der Waals surface area contributed by atoms with Crippen molar-refractivity contribution in [3.63, 3.8) is 0 Å². The summed E-state index contributed by atoms with van der Waals surface area (Å²) >= 11 is 0.